The van der Waals surface area contributed by atoms with Crippen LogP contribution in [0.1, 0.15) is 11.3 Å². The highest BCUT2D eigenvalue weighted by molar-refractivity contribution is 7.92. The van der Waals surface area contributed by atoms with Crippen LogP contribution in [0.3, 0.4) is 0 Å². The van der Waals surface area contributed by atoms with E-state index in [1.807, 2.05) is 0 Å². The van der Waals surface area contributed by atoms with Crippen molar-refractivity contribution in [2.45, 2.75) is 18.7 Å². The minimum atomic E-state index is -3.67. The van der Waals surface area contributed by atoms with Gasteiger partial charge in [0.2, 0.25) is 0 Å². The van der Waals surface area contributed by atoms with Crippen LogP contribution in [0.4, 0.5) is 11.5 Å². The quantitative estimate of drug-likeness (QED) is 0.781. The summed E-state index contributed by atoms with van der Waals surface area (Å²) in [5, 5.41) is 6.44. The molecule has 2 aromatic rings. The number of hydrogen-bond acceptors (Lipinski definition) is 4. The van der Waals surface area contributed by atoms with Gasteiger partial charge in [-0.1, -0.05) is 18.2 Å². The van der Waals surface area contributed by atoms with Gasteiger partial charge < -0.3 is 5.73 Å². The molecule has 0 fully saturated rings. The molecule has 0 unspecified atom stereocenters. The zero-order valence-electron chi connectivity index (χ0n) is 10.1. The zero-order valence-corrected chi connectivity index (χ0v) is 10.9. The molecule has 1 heterocycles. The molecule has 0 amide bonds. The molecular formula is C11H14N4O2S. The van der Waals surface area contributed by atoms with Crippen molar-refractivity contribution in [3.63, 3.8) is 0 Å². The van der Waals surface area contributed by atoms with Crippen LogP contribution in [0.15, 0.2) is 29.2 Å². The SMILES string of the molecule is Cc1ccccc1S(=O)(=O)Nc1n[nH]c(C)c1N. The summed E-state index contributed by atoms with van der Waals surface area (Å²) in [6, 6.07) is 6.71. The predicted octanol–water partition coefficient (Wildman–Crippen LogP) is 1.41. The van der Waals surface area contributed by atoms with Gasteiger partial charge >= 0.3 is 0 Å². The molecule has 0 spiro atoms. The molecule has 0 radical (unpaired) electrons. The van der Waals surface area contributed by atoms with Gasteiger partial charge in [-0.15, -0.1) is 0 Å². The second kappa shape index (κ2) is 4.34. The largest absolute Gasteiger partial charge is 0.394 e. The molecule has 0 aliphatic heterocycles. The Morgan fingerprint density at radius 1 is 1.28 bits per heavy atom. The lowest BCUT2D eigenvalue weighted by molar-refractivity contribution is 0.600. The summed E-state index contributed by atoms with van der Waals surface area (Å²) in [5.41, 5.74) is 7.29. The van der Waals surface area contributed by atoms with Gasteiger partial charge in [0.15, 0.2) is 5.82 Å². The summed E-state index contributed by atoms with van der Waals surface area (Å²) in [4.78, 5) is 0.213. The number of aromatic amines is 1. The van der Waals surface area contributed by atoms with Crippen molar-refractivity contribution in [1.29, 1.82) is 0 Å². The van der Waals surface area contributed by atoms with E-state index in [0.717, 1.165) is 0 Å². The fraction of sp³-hybridized carbons (Fsp3) is 0.182. The summed E-state index contributed by atoms with van der Waals surface area (Å²) in [6.45, 7) is 3.45. The van der Waals surface area contributed by atoms with Crippen LogP contribution in [0.2, 0.25) is 0 Å². The third kappa shape index (κ3) is 2.17. The van der Waals surface area contributed by atoms with Crippen molar-refractivity contribution in [3.05, 3.63) is 35.5 Å². The number of nitrogens with one attached hydrogen (secondary N) is 2. The van der Waals surface area contributed by atoms with E-state index in [1.54, 1.807) is 32.0 Å². The van der Waals surface area contributed by atoms with E-state index in [4.69, 9.17) is 5.73 Å². The number of anilines is 2. The van der Waals surface area contributed by atoms with Gasteiger partial charge in [-0.3, -0.25) is 9.82 Å². The molecule has 4 N–H and O–H groups in total. The number of rotatable bonds is 3. The first kappa shape index (κ1) is 12.4. The van der Waals surface area contributed by atoms with E-state index in [9.17, 15) is 8.42 Å². The third-order valence-corrected chi connectivity index (χ3v) is 4.11. The van der Waals surface area contributed by atoms with Crippen LogP contribution in [0.25, 0.3) is 0 Å². The number of H-pyrrole nitrogens is 1. The third-order valence-electron chi connectivity index (χ3n) is 2.61. The minimum Gasteiger partial charge on any atom is -0.394 e. The highest BCUT2D eigenvalue weighted by Gasteiger charge is 2.19. The van der Waals surface area contributed by atoms with E-state index in [2.05, 4.69) is 14.9 Å². The number of aryl methyl sites for hydroxylation is 2. The Morgan fingerprint density at radius 3 is 2.50 bits per heavy atom. The smallest absolute Gasteiger partial charge is 0.263 e. The number of nitrogens with two attached hydrogens (primary N) is 1. The number of nitrogens with zero attached hydrogens (tertiary/aromatic N) is 1. The second-order valence-corrected chi connectivity index (χ2v) is 5.63. The van der Waals surface area contributed by atoms with E-state index in [1.165, 1.54) is 6.07 Å². The van der Waals surface area contributed by atoms with Crippen LogP contribution in [0, 0.1) is 13.8 Å². The van der Waals surface area contributed by atoms with Crippen LogP contribution in [0.5, 0.6) is 0 Å². The number of benzene rings is 1. The topological polar surface area (TPSA) is 101 Å². The average Bonchev–Trinajstić information content (AvgIpc) is 2.61. The highest BCUT2D eigenvalue weighted by Crippen LogP contribution is 2.23. The van der Waals surface area contributed by atoms with Gasteiger partial charge in [-0.25, -0.2) is 8.42 Å². The molecule has 0 aliphatic rings. The molecule has 7 heteroatoms. The summed E-state index contributed by atoms with van der Waals surface area (Å²) in [7, 11) is -3.67. The van der Waals surface area contributed by atoms with Crippen molar-refractivity contribution in [2.75, 3.05) is 10.5 Å². The molecule has 0 saturated carbocycles. The molecule has 1 aromatic heterocycles. The lowest BCUT2D eigenvalue weighted by atomic mass is 10.2. The van der Waals surface area contributed by atoms with E-state index in [-0.39, 0.29) is 10.7 Å². The molecule has 0 atom stereocenters. The van der Waals surface area contributed by atoms with E-state index < -0.39 is 10.0 Å². The van der Waals surface area contributed by atoms with Crippen LogP contribution >= 0.6 is 0 Å². The first-order valence-electron chi connectivity index (χ1n) is 5.30. The Morgan fingerprint density at radius 2 is 1.94 bits per heavy atom. The maximum absolute atomic E-state index is 12.2. The Labute approximate surface area is 105 Å². The molecular weight excluding hydrogens is 252 g/mol. The maximum Gasteiger partial charge on any atom is 0.263 e. The number of sulfonamides is 1. The van der Waals surface area contributed by atoms with E-state index >= 15 is 0 Å². The second-order valence-electron chi connectivity index (χ2n) is 3.98. The normalized spacial score (nSPS) is 11.4. The van der Waals surface area contributed by atoms with Gasteiger partial charge in [0.25, 0.3) is 10.0 Å². The predicted molar refractivity (Wildman–Crippen MR) is 69.7 cm³/mol. The van der Waals surface area contributed by atoms with Crippen molar-refractivity contribution in [1.82, 2.24) is 10.2 Å². The molecule has 0 saturated heterocycles. The van der Waals surface area contributed by atoms with Gasteiger partial charge in [0.1, 0.15) is 0 Å². The molecule has 96 valence electrons. The Hall–Kier alpha value is -2.02. The number of aromatic nitrogens is 2. The molecule has 1 aromatic carbocycles. The Kier molecular flexibility index (Phi) is 3.00. The number of nitrogen functional groups attached to an aromatic ring is 1. The monoisotopic (exact) mass is 266 g/mol. The summed E-state index contributed by atoms with van der Waals surface area (Å²) in [5.74, 6) is 0.121. The van der Waals surface area contributed by atoms with Gasteiger partial charge in [0, 0.05) is 0 Å². The molecule has 6 nitrogen and oxygen atoms in total. The fourth-order valence-corrected chi connectivity index (χ4v) is 2.83. The molecule has 18 heavy (non-hydrogen) atoms. The highest BCUT2D eigenvalue weighted by atomic mass is 32.2. The first-order chi connectivity index (χ1) is 8.42. The zero-order chi connectivity index (χ0) is 13.3. The molecule has 0 bridgehead atoms. The maximum atomic E-state index is 12.2. The van der Waals surface area contributed by atoms with Crippen LogP contribution in [-0.4, -0.2) is 18.6 Å². The summed E-state index contributed by atoms with van der Waals surface area (Å²) < 4.78 is 26.7. The summed E-state index contributed by atoms with van der Waals surface area (Å²) in [6.07, 6.45) is 0. The van der Waals surface area contributed by atoms with Crippen molar-refractivity contribution in [3.8, 4) is 0 Å². The average molecular weight is 266 g/mol. The minimum absolute atomic E-state index is 0.121. The standard InChI is InChI=1S/C11H14N4O2S/c1-7-5-3-4-6-9(7)18(16,17)15-11-10(12)8(2)13-14-11/h3-6H,12H2,1-2H3,(H2,13,14,15). The van der Waals surface area contributed by atoms with Crippen molar-refractivity contribution in [2.24, 2.45) is 0 Å². The van der Waals surface area contributed by atoms with Gasteiger partial charge in [-0.2, -0.15) is 5.10 Å². The fourth-order valence-electron chi connectivity index (χ4n) is 1.56. The Balaban J connectivity index is 2.40. The lowest BCUT2D eigenvalue weighted by Gasteiger charge is -2.08. The van der Waals surface area contributed by atoms with Crippen molar-refractivity contribution < 1.29 is 8.42 Å². The van der Waals surface area contributed by atoms with Gasteiger partial charge in [0.05, 0.1) is 16.3 Å². The van der Waals surface area contributed by atoms with Crippen LogP contribution < -0.4 is 10.5 Å². The molecule has 0 aliphatic carbocycles. The van der Waals surface area contributed by atoms with Gasteiger partial charge in [-0.05, 0) is 25.5 Å². The first-order valence-corrected chi connectivity index (χ1v) is 6.79. The lowest BCUT2D eigenvalue weighted by Crippen LogP contribution is -2.15. The van der Waals surface area contributed by atoms with Crippen LogP contribution in [-0.2, 0) is 10.0 Å². The molecule has 2 rings (SSSR count). The van der Waals surface area contributed by atoms with E-state index in [0.29, 0.717) is 16.9 Å². The van der Waals surface area contributed by atoms with Crippen molar-refractivity contribution >= 4 is 21.5 Å². The number of hydrogen-bond donors (Lipinski definition) is 3. The Bertz CT molecular complexity index is 676. The summed E-state index contributed by atoms with van der Waals surface area (Å²) >= 11 is 0.